The maximum absolute atomic E-state index is 12.8. The second-order valence-corrected chi connectivity index (χ2v) is 11.0. The lowest BCUT2D eigenvalue weighted by atomic mass is 10.1. The summed E-state index contributed by atoms with van der Waals surface area (Å²) in [4.78, 5) is 22.8. The largest absolute Gasteiger partial charge is 0.383 e. The number of carbonyl (C=O) groups is 1. The molecule has 1 saturated heterocycles. The van der Waals surface area contributed by atoms with Crippen LogP contribution in [0.5, 0.6) is 0 Å². The molecule has 1 atom stereocenters. The zero-order valence-corrected chi connectivity index (χ0v) is 22.0. The average Bonchev–Trinajstić information content (AvgIpc) is 3.48. The summed E-state index contributed by atoms with van der Waals surface area (Å²) in [7, 11) is -3.72. The van der Waals surface area contributed by atoms with Crippen molar-refractivity contribution in [3.05, 3.63) is 60.2 Å². The lowest BCUT2D eigenvalue weighted by Crippen LogP contribution is -2.40. The molecule has 1 aliphatic heterocycles. The van der Waals surface area contributed by atoms with Crippen LogP contribution in [0.3, 0.4) is 0 Å². The van der Waals surface area contributed by atoms with Gasteiger partial charge in [-0.25, -0.2) is 27.8 Å². The first-order valence-electron chi connectivity index (χ1n) is 12.2. The average molecular weight is 536 g/mol. The second kappa shape index (κ2) is 9.99. The van der Waals surface area contributed by atoms with Crippen LogP contribution in [0.4, 0.5) is 5.82 Å². The van der Waals surface area contributed by atoms with Crippen LogP contribution in [0.2, 0.25) is 0 Å². The molecule has 13 heteroatoms. The van der Waals surface area contributed by atoms with Gasteiger partial charge in [0.05, 0.1) is 22.8 Å². The summed E-state index contributed by atoms with van der Waals surface area (Å²) in [5.74, 6) is 0.207. The number of aryl methyl sites for hydroxylation is 2. The Labute approximate surface area is 220 Å². The number of nitrogen functional groups attached to an aromatic ring is 1. The molecule has 0 bridgehead atoms. The summed E-state index contributed by atoms with van der Waals surface area (Å²) in [6.45, 7) is 8.21. The minimum absolute atomic E-state index is 0.0679. The summed E-state index contributed by atoms with van der Waals surface area (Å²) in [5.41, 5.74) is 9.97. The third-order valence-electron chi connectivity index (χ3n) is 6.77. The maximum atomic E-state index is 12.8. The molecule has 1 aliphatic rings. The Hall–Kier alpha value is -4.10. The van der Waals surface area contributed by atoms with Gasteiger partial charge in [0.2, 0.25) is 15.9 Å². The van der Waals surface area contributed by atoms with E-state index < -0.39 is 10.0 Å². The number of carbonyl (C=O) groups excluding carboxylic acids is 1. The number of nitrogens with zero attached hydrogens (tertiary/aromatic N) is 6. The number of aromatic nitrogens is 6. The highest BCUT2D eigenvalue weighted by Crippen LogP contribution is 2.34. The lowest BCUT2D eigenvalue weighted by Gasteiger charge is -2.32. The van der Waals surface area contributed by atoms with Gasteiger partial charge in [-0.15, -0.1) is 0 Å². The molecular formula is C25H29N9O3S. The first kappa shape index (κ1) is 25.5. The molecule has 0 unspecified atom stereocenters. The SMILES string of the molecule is C=CC(=O)N1CCC[C@@H](n2nc(-c3ccc(CNS(=O)(=O)c4c(C)n[nH]c4C)cc3)c3c(N)ncnc32)C1. The van der Waals surface area contributed by atoms with Crippen LogP contribution in [0.25, 0.3) is 22.3 Å². The third-order valence-corrected chi connectivity index (χ3v) is 8.43. The van der Waals surface area contributed by atoms with Crippen LogP contribution in [0, 0.1) is 13.8 Å². The number of likely N-dealkylation sites (tertiary alicyclic amines) is 1. The van der Waals surface area contributed by atoms with Crippen molar-refractivity contribution >= 4 is 32.8 Å². The number of benzene rings is 1. The van der Waals surface area contributed by atoms with Crippen molar-refractivity contribution in [2.24, 2.45) is 0 Å². The van der Waals surface area contributed by atoms with Crippen molar-refractivity contribution in [2.75, 3.05) is 18.8 Å². The van der Waals surface area contributed by atoms with Crippen molar-refractivity contribution in [3.8, 4) is 11.3 Å². The molecule has 1 fully saturated rings. The number of nitrogens with two attached hydrogens (primary N) is 1. The van der Waals surface area contributed by atoms with E-state index in [0.717, 1.165) is 24.0 Å². The summed E-state index contributed by atoms with van der Waals surface area (Å²) in [5, 5.41) is 12.2. The van der Waals surface area contributed by atoms with Crippen LogP contribution < -0.4 is 10.5 Å². The quantitative estimate of drug-likeness (QED) is 0.303. The summed E-state index contributed by atoms with van der Waals surface area (Å²) in [6.07, 6.45) is 4.42. The van der Waals surface area contributed by atoms with E-state index in [0.29, 0.717) is 47.0 Å². The van der Waals surface area contributed by atoms with Gasteiger partial charge in [0.25, 0.3) is 0 Å². The molecule has 0 aliphatic carbocycles. The Morgan fingerprint density at radius 3 is 2.71 bits per heavy atom. The molecule has 5 rings (SSSR count). The highest BCUT2D eigenvalue weighted by Gasteiger charge is 2.28. The van der Waals surface area contributed by atoms with Crippen LogP contribution in [0.1, 0.15) is 35.8 Å². The van der Waals surface area contributed by atoms with Crippen LogP contribution in [-0.2, 0) is 21.4 Å². The Morgan fingerprint density at radius 2 is 2.03 bits per heavy atom. The molecule has 4 aromatic rings. The zero-order valence-electron chi connectivity index (χ0n) is 21.2. The second-order valence-electron chi connectivity index (χ2n) is 9.32. The third kappa shape index (κ3) is 4.65. The van der Waals surface area contributed by atoms with Gasteiger partial charge in [0.15, 0.2) is 5.65 Å². The number of nitrogens with one attached hydrogen (secondary N) is 2. The molecular weight excluding hydrogens is 506 g/mol. The maximum Gasteiger partial charge on any atom is 0.246 e. The predicted octanol–water partition coefficient (Wildman–Crippen LogP) is 2.24. The minimum Gasteiger partial charge on any atom is -0.383 e. The Balaban J connectivity index is 1.42. The number of sulfonamides is 1. The topological polar surface area (TPSA) is 165 Å². The Morgan fingerprint density at radius 1 is 1.26 bits per heavy atom. The van der Waals surface area contributed by atoms with Gasteiger partial charge < -0.3 is 10.6 Å². The molecule has 198 valence electrons. The number of hydrogen-bond donors (Lipinski definition) is 3. The highest BCUT2D eigenvalue weighted by atomic mass is 32.2. The van der Waals surface area contributed by atoms with Gasteiger partial charge >= 0.3 is 0 Å². The van der Waals surface area contributed by atoms with Gasteiger partial charge in [-0.1, -0.05) is 30.8 Å². The first-order valence-corrected chi connectivity index (χ1v) is 13.7. The van der Waals surface area contributed by atoms with E-state index in [2.05, 4.69) is 31.5 Å². The smallest absolute Gasteiger partial charge is 0.246 e. The lowest BCUT2D eigenvalue weighted by molar-refractivity contribution is -0.127. The number of piperidine rings is 1. The van der Waals surface area contributed by atoms with E-state index in [9.17, 15) is 13.2 Å². The van der Waals surface area contributed by atoms with Gasteiger partial charge in [-0.2, -0.15) is 10.2 Å². The minimum atomic E-state index is -3.72. The molecule has 4 heterocycles. The normalized spacial score (nSPS) is 16.2. The molecule has 0 spiro atoms. The standard InChI is InChI=1S/C25H29N9O3S/c1-4-20(35)33-11-5-6-19(13-33)34-25-21(24(26)27-14-28-25)22(32-34)18-9-7-17(8-10-18)12-29-38(36,37)23-15(2)30-31-16(23)3/h4,7-10,14,19,29H,1,5-6,11-13H2,2-3H3,(H,30,31)(H2,26,27,28)/t19-/m1/s1. The van der Waals surface area contributed by atoms with Crippen molar-refractivity contribution in [3.63, 3.8) is 0 Å². The van der Waals surface area contributed by atoms with Crippen molar-refractivity contribution in [2.45, 2.75) is 44.2 Å². The van der Waals surface area contributed by atoms with Gasteiger partial charge in [0, 0.05) is 25.2 Å². The molecule has 0 radical (unpaired) electrons. The van der Waals surface area contributed by atoms with E-state index in [1.54, 1.807) is 18.7 Å². The number of fused-ring (bicyclic) bond motifs is 1. The summed E-state index contributed by atoms with van der Waals surface area (Å²) >= 11 is 0. The van der Waals surface area contributed by atoms with Crippen molar-refractivity contribution in [1.29, 1.82) is 0 Å². The van der Waals surface area contributed by atoms with E-state index >= 15 is 0 Å². The molecule has 0 saturated carbocycles. The first-order chi connectivity index (χ1) is 18.2. The Kier molecular flexibility index (Phi) is 6.71. The van der Waals surface area contributed by atoms with Crippen LogP contribution in [-0.4, -0.2) is 62.3 Å². The molecule has 12 nitrogen and oxygen atoms in total. The van der Waals surface area contributed by atoms with Crippen LogP contribution >= 0.6 is 0 Å². The van der Waals surface area contributed by atoms with E-state index in [1.165, 1.54) is 12.4 Å². The van der Waals surface area contributed by atoms with Crippen molar-refractivity contribution < 1.29 is 13.2 Å². The summed E-state index contributed by atoms with van der Waals surface area (Å²) < 4.78 is 30.0. The van der Waals surface area contributed by atoms with E-state index in [-0.39, 0.29) is 23.4 Å². The number of amides is 1. The highest BCUT2D eigenvalue weighted by molar-refractivity contribution is 7.89. The molecule has 38 heavy (non-hydrogen) atoms. The number of aromatic amines is 1. The number of rotatable bonds is 7. The van der Waals surface area contributed by atoms with Gasteiger partial charge in [-0.3, -0.25) is 9.89 Å². The fourth-order valence-electron chi connectivity index (χ4n) is 4.90. The zero-order chi connectivity index (χ0) is 27.0. The predicted molar refractivity (Wildman–Crippen MR) is 142 cm³/mol. The van der Waals surface area contributed by atoms with Gasteiger partial charge in [-0.05, 0) is 38.3 Å². The van der Waals surface area contributed by atoms with E-state index in [1.807, 2.05) is 28.9 Å². The number of anilines is 1. The summed E-state index contributed by atoms with van der Waals surface area (Å²) in [6, 6.07) is 7.34. The fraction of sp³-hybridized carbons (Fsp3) is 0.320. The fourth-order valence-corrected chi connectivity index (χ4v) is 6.29. The monoisotopic (exact) mass is 535 g/mol. The van der Waals surface area contributed by atoms with Gasteiger partial charge in [0.1, 0.15) is 22.7 Å². The Bertz CT molecular complexity index is 1600. The number of hydrogen-bond acceptors (Lipinski definition) is 8. The molecule has 1 amide bonds. The molecule has 3 aromatic heterocycles. The molecule has 4 N–H and O–H groups in total. The van der Waals surface area contributed by atoms with Crippen LogP contribution in [0.15, 0.2) is 48.1 Å². The number of H-pyrrole nitrogens is 1. The van der Waals surface area contributed by atoms with E-state index in [4.69, 9.17) is 10.8 Å². The molecule has 1 aromatic carbocycles. The van der Waals surface area contributed by atoms with Crippen molar-refractivity contribution in [1.82, 2.24) is 39.6 Å².